The molecule has 5 nitrogen and oxygen atoms in total. The highest BCUT2D eigenvalue weighted by atomic mass is 79.9. The first-order valence-electron chi connectivity index (χ1n) is 8.03. The third-order valence-corrected chi connectivity index (χ3v) is 4.36. The fourth-order valence-electron chi connectivity index (χ4n) is 2.24. The highest BCUT2D eigenvalue weighted by molar-refractivity contribution is 9.10. The Balaban J connectivity index is 1.76. The zero-order valence-electron chi connectivity index (χ0n) is 14.4. The van der Waals surface area contributed by atoms with Crippen molar-refractivity contribution in [1.82, 2.24) is 5.32 Å². The second kappa shape index (κ2) is 9.93. The van der Waals surface area contributed by atoms with Crippen molar-refractivity contribution in [3.05, 3.63) is 52.5 Å². The van der Waals surface area contributed by atoms with Crippen LogP contribution in [0.2, 0.25) is 0 Å². The minimum Gasteiger partial charge on any atom is -0.495 e. The Morgan fingerprint density at radius 2 is 1.68 bits per heavy atom. The van der Waals surface area contributed by atoms with E-state index >= 15 is 0 Å². The summed E-state index contributed by atoms with van der Waals surface area (Å²) in [5.41, 5.74) is 0.498. The van der Waals surface area contributed by atoms with Crippen molar-refractivity contribution in [2.45, 2.75) is 12.8 Å². The van der Waals surface area contributed by atoms with Gasteiger partial charge in [0.25, 0.3) is 5.91 Å². The minimum atomic E-state index is -0.159. The summed E-state index contributed by atoms with van der Waals surface area (Å²) >= 11 is 3.39. The molecule has 134 valence electrons. The number of para-hydroxylation sites is 1. The number of carbonyl (C=O) groups excluding carboxylic acids is 1. The molecule has 0 fully saturated rings. The number of amides is 1. The van der Waals surface area contributed by atoms with Crippen LogP contribution in [0.25, 0.3) is 0 Å². The van der Waals surface area contributed by atoms with E-state index in [9.17, 15) is 4.79 Å². The zero-order chi connectivity index (χ0) is 18.1. The van der Waals surface area contributed by atoms with Crippen LogP contribution in [0.4, 0.5) is 0 Å². The summed E-state index contributed by atoms with van der Waals surface area (Å²) in [6.45, 7) is 1.21. The van der Waals surface area contributed by atoms with Crippen molar-refractivity contribution in [1.29, 1.82) is 0 Å². The molecule has 0 heterocycles. The van der Waals surface area contributed by atoms with Crippen LogP contribution in [-0.4, -0.2) is 33.3 Å². The lowest BCUT2D eigenvalue weighted by atomic mass is 10.2. The van der Waals surface area contributed by atoms with Crippen molar-refractivity contribution >= 4 is 21.8 Å². The zero-order valence-corrected chi connectivity index (χ0v) is 16.0. The predicted octanol–water partition coefficient (Wildman–Crippen LogP) is 4.06. The predicted molar refractivity (Wildman–Crippen MR) is 101 cm³/mol. The molecule has 0 aliphatic carbocycles. The van der Waals surface area contributed by atoms with Crippen LogP contribution in [0.5, 0.6) is 17.2 Å². The molecule has 1 N–H and O–H groups in total. The molecule has 1 amide bonds. The highest BCUT2D eigenvalue weighted by Crippen LogP contribution is 2.35. The minimum absolute atomic E-state index is 0.159. The van der Waals surface area contributed by atoms with Crippen LogP contribution < -0.4 is 19.5 Å². The van der Waals surface area contributed by atoms with Crippen LogP contribution in [0.3, 0.4) is 0 Å². The van der Waals surface area contributed by atoms with Crippen molar-refractivity contribution in [3.63, 3.8) is 0 Å². The van der Waals surface area contributed by atoms with Gasteiger partial charge in [-0.2, -0.15) is 0 Å². The third kappa shape index (κ3) is 5.67. The summed E-state index contributed by atoms with van der Waals surface area (Å²) in [5, 5.41) is 2.90. The average molecular weight is 408 g/mol. The smallest absolute Gasteiger partial charge is 0.251 e. The van der Waals surface area contributed by atoms with Crippen molar-refractivity contribution in [2.75, 3.05) is 27.4 Å². The second-order valence-electron chi connectivity index (χ2n) is 5.32. The largest absolute Gasteiger partial charge is 0.495 e. The lowest BCUT2D eigenvalue weighted by Gasteiger charge is -2.12. The number of nitrogens with one attached hydrogen (secondary N) is 1. The maximum atomic E-state index is 12.3. The molecule has 0 aliphatic rings. The summed E-state index contributed by atoms with van der Waals surface area (Å²) in [6.07, 6.45) is 1.70. The number of rotatable bonds is 9. The monoisotopic (exact) mass is 407 g/mol. The number of benzene rings is 2. The fraction of sp³-hybridized carbons (Fsp3) is 0.316. The Labute approximate surface area is 156 Å². The van der Waals surface area contributed by atoms with Gasteiger partial charge in [0, 0.05) is 12.1 Å². The highest BCUT2D eigenvalue weighted by Gasteiger charge is 2.14. The van der Waals surface area contributed by atoms with Crippen LogP contribution in [0.15, 0.2) is 46.9 Å². The van der Waals surface area contributed by atoms with E-state index < -0.39 is 0 Å². The quantitative estimate of drug-likeness (QED) is 0.636. The van der Waals surface area contributed by atoms with Gasteiger partial charge in [-0.05, 0) is 53.0 Å². The Hall–Kier alpha value is -2.21. The van der Waals surface area contributed by atoms with E-state index in [4.69, 9.17) is 14.2 Å². The van der Waals surface area contributed by atoms with E-state index in [1.807, 2.05) is 30.3 Å². The van der Waals surface area contributed by atoms with Gasteiger partial charge in [0.1, 0.15) is 21.7 Å². The standard InChI is InChI=1S/C19H22BrNO4/c1-23-16-12-14(13-17(24-2)18(16)20)19(22)21-10-6-7-11-25-15-8-4-3-5-9-15/h3-5,8-9,12-13H,6-7,10-11H2,1-2H3,(H,21,22). The number of halogens is 1. The molecule has 0 saturated heterocycles. The lowest BCUT2D eigenvalue weighted by molar-refractivity contribution is 0.0951. The van der Waals surface area contributed by atoms with E-state index in [-0.39, 0.29) is 5.91 Å². The van der Waals surface area contributed by atoms with Gasteiger partial charge in [-0.15, -0.1) is 0 Å². The molecular weight excluding hydrogens is 386 g/mol. The van der Waals surface area contributed by atoms with Gasteiger partial charge >= 0.3 is 0 Å². The molecule has 0 radical (unpaired) electrons. The topological polar surface area (TPSA) is 56.8 Å². The SMILES string of the molecule is COc1cc(C(=O)NCCCCOc2ccccc2)cc(OC)c1Br. The second-order valence-corrected chi connectivity index (χ2v) is 6.11. The molecule has 6 heteroatoms. The Kier molecular flexibility index (Phi) is 7.60. The van der Waals surface area contributed by atoms with Crippen molar-refractivity contribution < 1.29 is 19.0 Å². The van der Waals surface area contributed by atoms with Gasteiger partial charge in [-0.3, -0.25) is 4.79 Å². The van der Waals surface area contributed by atoms with Gasteiger partial charge in [0.15, 0.2) is 0 Å². The van der Waals surface area contributed by atoms with Gasteiger partial charge in [0.05, 0.1) is 20.8 Å². The molecule has 2 aromatic carbocycles. The van der Waals surface area contributed by atoms with E-state index in [0.29, 0.717) is 34.7 Å². The Morgan fingerprint density at radius 1 is 1.04 bits per heavy atom. The number of unbranched alkanes of at least 4 members (excludes halogenated alkanes) is 1. The van der Waals surface area contributed by atoms with Crippen LogP contribution in [0, 0.1) is 0 Å². The maximum Gasteiger partial charge on any atom is 0.251 e. The molecule has 0 aromatic heterocycles. The van der Waals surface area contributed by atoms with Crippen molar-refractivity contribution in [2.24, 2.45) is 0 Å². The number of methoxy groups -OCH3 is 2. The van der Waals surface area contributed by atoms with E-state index in [0.717, 1.165) is 18.6 Å². The molecule has 2 rings (SSSR count). The van der Waals surface area contributed by atoms with Crippen LogP contribution in [0.1, 0.15) is 23.2 Å². The molecular formula is C19H22BrNO4. The summed E-state index contributed by atoms with van der Waals surface area (Å²) in [6, 6.07) is 13.0. The molecule has 0 unspecified atom stereocenters. The summed E-state index contributed by atoms with van der Waals surface area (Å²) in [4.78, 5) is 12.3. The number of ether oxygens (including phenoxy) is 3. The lowest BCUT2D eigenvalue weighted by Crippen LogP contribution is -2.24. The molecule has 0 atom stereocenters. The fourth-order valence-corrected chi connectivity index (χ4v) is 2.79. The number of carbonyl (C=O) groups is 1. The Bertz CT molecular complexity index is 666. The molecule has 0 spiro atoms. The van der Waals surface area contributed by atoms with E-state index in [1.54, 1.807) is 26.4 Å². The van der Waals surface area contributed by atoms with Crippen molar-refractivity contribution in [3.8, 4) is 17.2 Å². The summed E-state index contributed by atoms with van der Waals surface area (Å²) < 4.78 is 16.8. The van der Waals surface area contributed by atoms with Gasteiger partial charge < -0.3 is 19.5 Å². The summed E-state index contributed by atoms with van der Waals surface area (Å²) in [7, 11) is 3.10. The van der Waals surface area contributed by atoms with E-state index in [2.05, 4.69) is 21.2 Å². The van der Waals surface area contributed by atoms with Crippen LogP contribution >= 0.6 is 15.9 Å². The molecule has 0 aliphatic heterocycles. The maximum absolute atomic E-state index is 12.3. The normalized spacial score (nSPS) is 10.2. The van der Waals surface area contributed by atoms with E-state index in [1.165, 1.54) is 0 Å². The average Bonchev–Trinajstić information content (AvgIpc) is 2.65. The first kappa shape index (κ1) is 19.1. The van der Waals surface area contributed by atoms with Gasteiger partial charge in [0.2, 0.25) is 0 Å². The Morgan fingerprint density at radius 3 is 2.28 bits per heavy atom. The summed E-state index contributed by atoms with van der Waals surface area (Å²) in [5.74, 6) is 1.81. The van der Waals surface area contributed by atoms with Gasteiger partial charge in [-0.25, -0.2) is 0 Å². The number of hydrogen-bond acceptors (Lipinski definition) is 4. The third-order valence-electron chi connectivity index (χ3n) is 3.58. The van der Waals surface area contributed by atoms with Gasteiger partial charge in [-0.1, -0.05) is 18.2 Å². The molecule has 0 saturated carbocycles. The molecule has 25 heavy (non-hydrogen) atoms. The number of hydrogen-bond donors (Lipinski definition) is 1. The molecule has 0 bridgehead atoms. The first-order valence-corrected chi connectivity index (χ1v) is 8.82. The molecule has 2 aromatic rings. The van der Waals surface area contributed by atoms with Crippen LogP contribution in [-0.2, 0) is 0 Å². The first-order chi connectivity index (χ1) is 12.2.